The van der Waals surface area contributed by atoms with Gasteiger partial charge in [-0.2, -0.15) is 0 Å². The lowest BCUT2D eigenvalue weighted by Gasteiger charge is -2.61. The first-order valence-corrected chi connectivity index (χ1v) is 16.9. The maximum absolute atomic E-state index is 10.8. The van der Waals surface area contributed by atoms with Crippen LogP contribution in [-0.2, 0) is 20.6 Å². The standard InChI is InChI=1S/C35H54N2O4/c1-21-32-30(41-35(21)14-4-5-17-39-35)20-28-26-10-8-23-18-25(12-15-33(23,2)27(26)13-16-34(28,32)3)40-31(38)11-7-22-6-9-24(36)19-29(22)37/h6,9,19,21,23,25-28,30-32,38H,4-5,7-8,10-18,20,36-37H2,1-3H3. The summed E-state index contributed by atoms with van der Waals surface area (Å²) in [6, 6.07) is 5.63. The van der Waals surface area contributed by atoms with Gasteiger partial charge in [0.05, 0.1) is 18.8 Å². The molecule has 1 aromatic rings. The Labute approximate surface area is 247 Å². The van der Waals surface area contributed by atoms with E-state index in [4.69, 9.17) is 25.7 Å². The molecule has 6 nitrogen and oxygen atoms in total. The number of ether oxygens (including phenoxy) is 3. The van der Waals surface area contributed by atoms with Crippen molar-refractivity contribution in [2.75, 3.05) is 18.1 Å². The normalized spacial score (nSPS) is 47.8. The van der Waals surface area contributed by atoms with Crippen molar-refractivity contribution in [1.29, 1.82) is 0 Å². The Balaban J connectivity index is 0.981. The Morgan fingerprint density at radius 1 is 1.00 bits per heavy atom. The molecule has 4 aliphatic carbocycles. The van der Waals surface area contributed by atoms with Crippen LogP contribution >= 0.6 is 0 Å². The zero-order valence-corrected chi connectivity index (χ0v) is 25.7. The summed E-state index contributed by atoms with van der Waals surface area (Å²) >= 11 is 0. The Morgan fingerprint density at radius 2 is 1.83 bits per heavy atom. The summed E-state index contributed by atoms with van der Waals surface area (Å²) in [5.41, 5.74) is 15.1. The van der Waals surface area contributed by atoms with Gasteiger partial charge >= 0.3 is 0 Å². The molecule has 0 amide bonds. The predicted molar refractivity (Wildman–Crippen MR) is 162 cm³/mol. The average molecular weight is 567 g/mol. The molecule has 1 spiro atoms. The van der Waals surface area contributed by atoms with Crippen molar-refractivity contribution < 1.29 is 19.3 Å². The average Bonchev–Trinajstić information content (AvgIpc) is 3.38. The van der Waals surface area contributed by atoms with Crippen molar-refractivity contribution in [3.8, 4) is 0 Å². The van der Waals surface area contributed by atoms with Gasteiger partial charge in [0.1, 0.15) is 0 Å². The molecular formula is C35H54N2O4. The molecule has 12 atom stereocenters. The van der Waals surface area contributed by atoms with Crippen LogP contribution < -0.4 is 11.5 Å². The lowest BCUT2D eigenvalue weighted by atomic mass is 9.44. The monoisotopic (exact) mass is 566 g/mol. The van der Waals surface area contributed by atoms with Crippen LogP contribution in [0.1, 0.15) is 103 Å². The fourth-order valence-electron chi connectivity index (χ4n) is 11.7. The van der Waals surface area contributed by atoms with Crippen LogP contribution in [0.25, 0.3) is 0 Å². The van der Waals surface area contributed by atoms with Gasteiger partial charge in [-0.3, -0.25) is 0 Å². The Morgan fingerprint density at radius 3 is 2.61 bits per heavy atom. The maximum atomic E-state index is 10.8. The molecular weight excluding hydrogens is 512 g/mol. The van der Waals surface area contributed by atoms with Crippen LogP contribution in [-0.4, -0.2) is 36.0 Å². The molecule has 6 fully saturated rings. The third kappa shape index (κ3) is 4.57. The fourth-order valence-corrected chi connectivity index (χ4v) is 11.7. The van der Waals surface area contributed by atoms with E-state index in [2.05, 4.69) is 20.8 Å². The molecule has 2 heterocycles. The fraction of sp³-hybridized carbons (Fsp3) is 0.829. The number of aliphatic hydroxyl groups is 1. The smallest absolute Gasteiger partial charge is 0.171 e. The zero-order chi connectivity index (χ0) is 28.6. The number of rotatable bonds is 5. The van der Waals surface area contributed by atoms with Gasteiger partial charge in [-0.1, -0.05) is 26.8 Å². The van der Waals surface area contributed by atoms with E-state index in [1.54, 1.807) is 6.07 Å². The molecule has 7 rings (SSSR count). The number of fused-ring (bicyclic) bond motifs is 7. The van der Waals surface area contributed by atoms with Crippen LogP contribution in [0.4, 0.5) is 11.4 Å². The number of hydrogen-bond donors (Lipinski definition) is 3. The Hall–Kier alpha value is -1.34. The zero-order valence-electron chi connectivity index (χ0n) is 25.7. The first-order chi connectivity index (χ1) is 19.6. The number of aliphatic hydroxyl groups excluding tert-OH is 1. The van der Waals surface area contributed by atoms with Gasteiger partial charge in [-0.05, 0) is 129 Å². The highest BCUT2D eigenvalue weighted by Gasteiger charge is 2.69. The third-order valence-electron chi connectivity index (χ3n) is 13.7. The topological polar surface area (TPSA) is 100.0 Å². The molecule has 6 heteroatoms. The number of benzene rings is 1. The van der Waals surface area contributed by atoms with Crippen LogP contribution in [0.2, 0.25) is 0 Å². The van der Waals surface area contributed by atoms with Crippen molar-refractivity contribution in [3.63, 3.8) is 0 Å². The van der Waals surface area contributed by atoms with Gasteiger partial charge < -0.3 is 30.8 Å². The highest BCUT2D eigenvalue weighted by Crippen LogP contribution is 2.71. The summed E-state index contributed by atoms with van der Waals surface area (Å²) in [6.07, 6.45) is 14.6. The second kappa shape index (κ2) is 10.4. The summed E-state index contributed by atoms with van der Waals surface area (Å²) in [6.45, 7) is 8.58. The lowest BCUT2D eigenvalue weighted by Crippen LogP contribution is -2.55. The minimum atomic E-state index is -0.746. The van der Waals surface area contributed by atoms with Gasteiger partial charge in [0.25, 0.3) is 0 Å². The van der Waals surface area contributed by atoms with Crippen molar-refractivity contribution in [3.05, 3.63) is 23.8 Å². The van der Waals surface area contributed by atoms with E-state index in [0.717, 1.165) is 49.2 Å². The number of nitrogens with two attached hydrogens (primary N) is 2. The number of nitrogen functional groups attached to an aromatic ring is 2. The summed E-state index contributed by atoms with van der Waals surface area (Å²) < 4.78 is 19.6. The second-order valence-corrected chi connectivity index (χ2v) is 15.5. The number of anilines is 2. The van der Waals surface area contributed by atoms with Crippen molar-refractivity contribution in [1.82, 2.24) is 0 Å². The Kier molecular flexibility index (Phi) is 7.20. The van der Waals surface area contributed by atoms with Gasteiger partial charge in [0.2, 0.25) is 0 Å². The third-order valence-corrected chi connectivity index (χ3v) is 13.7. The molecule has 1 aromatic carbocycles. The second-order valence-electron chi connectivity index (χ2n) is 15.5. The molecule has 6 aliphatic rings. The van der Waals surface area contributed by atoms with E-state index >= 15 is 0 Å². The molecule has 2 aliphatic heterocycles. The quantitative estimate of drug-likeness (QED) is 0.271. The lowest BCUT2D eigenvalue weighted by molar-refractivity contribution is -0.265. The largest absolute Gasteiger partial charge is 0.399 e. The minimum absolute atomic E-state index is 0.156. The molecule has 0 aromatic heterocycles. The van der Waals surface area contributed by atoms with Crippen molar-refractivity contribution >= 4 is 11.4 Å². The first-order valence-electron chi connectivity index (χ1n) is 16.9. The molecule has 5 N–H and O–H groups in total. The molecule has 2 saturated heterocycles. The molecule has 41 heavy (non-hydrogen) atoms. The molecule has 228 valence electrons. The molecule has 0 bridgehead atoms. The van der Waals surface area contributed by atoms with Crippen LogP contribution in [0.15, 0.2) is 18.2 Å². The Bertz CT molecular complexity index is 1120. The summed E-state index contributed by atoms with van der Waals surface area (Å²) in [5.74, 6) is 3.97. The number of aryl methyl sites for hydroxylation is 1. The van der Waals surface area contributed by atoms with E-state index in [9.17, 15) is 5.11 Å². The predicted octanol–water partition coefficient (Wildman–Crippen LogP) is 6.69. The summed E-state index contributed by atoms with van der Waals surface area (Å²) in [5, 5.41) is 10.8. The van der Waals surface area contributed by atoms with E-state index in [-0.39, 0.29) is 11.9 Å². The van der Waals surface area contributed by atoms with E-state index in [0.29, 0.717) is 58.9 Å². The van der Waals surface area contributed by atoms with Gasteiger partial charge in [0.15, 0.2) is 12.1 Å². The van der Waals surface area contributed by atoms with E-state index < -0.39 is 6.29 Å². The SMILES string of the molecule is CC1C2C(CC3C4CCC5CC(OC(O)CCc6ccc(N)cc6N)CCC5(C)C4CCC32C)OC12CCCCO2. The van der Waals surface area contributed by atoms with Gasteiger partial charge in [-0.25, -0.2) is 0 Å². The van der Waals surface area contributed by atoms with Gasteiger partial charge in [0, 0.05) is 30.1 Å². The van der Waals surface area contributed by atoms with E-state index in [1.165, 1.54) is 51.4 Å². The summed E-state index contributed by atoms with van der Waals surface area (Å²) in [4.78, 5) is 0. The van der Waals surface area contributed by atoms with Crippen LogP contribution in [0.3, 0.4) is 0 Å². The van der Waals surface area contributed by atoms with Gasteiger partial charge in [-0.15, -0.1) is 0 Å². The van der Waals surface area contributed by atoms with E-state index in [1.807, 2.05) is 12.1 Å². The molecule has 4 saturated carbocycles. The molecule has 12 unspecified atom stereocenters. The van der Waals surface area contributed by atoms with Crippen molar-refractivity contribution in [2.45, 2.75) is 129 Å². The molecule has 0 radical (unpaired) electrons. The minimum Gasteiger partial charge on any atom is -0.399 e. The highest BCUT2D eigenvalue weighted by molar-refractivity contribution is 5.56. The first kappa shape index (κ1) is 28.4. The number of hydrogen-bond acceptors (Lipinski definition) is 6. The van der Waals surface area contributed by atoms with Crippen LogP contribution in [0.5, 0.6) is 0 Å². The van der Waals surface area contributed by atoms with Crippen molar-refractivity contribution in [2.24, 2.45) is 46.3 Å². The maximum Gasteiger partial charge on any atom is 0.171 e. The highest BCUT2D eigenvalue weighted by atomic mass is 16.7. The van der Waals surface area contributed by atoms with Crippen LogP contribution in [0, 0.1) is 46.3 Å². The summed E-state index contributed by atoms with van der Waals surface area (Å²) in [7, 11) is 0.